The van der Waals surface area contributed by atoms with Gasteiger partial charge in [-0.2, -0.15) is 0 Å². The molecule has 2 N–H and O–H groups in total. The van der Waals surface area contributed by atoms with E-state index in [1.54, 1.807) is 13.2 Å². The van der Waals surface area contributed by atoms with Gasteiger partial charge in [0.2, 0.25) is 11.8 Å². The zero-order valence-corrected chi connectivity index (χ0v) is 42.2. The highest BCUT2D eigenvalue weighted by atomic mass is 19.1. The third-order valence-electron chi connectivity index (χ3n) is 16.4. The second-order valence-electron chi connectivity index (χ2n) is 22.2. The normalized spacial score (nSPS) is 27.2. The summed E-state index contributed by atoms with van der Waals surface area (Å²) in [5.74, 6) is -1.28. The van der Waals surface area contributed by atoms with Crippen LogP contribution in [0.25, 0.3) is 0 Å². The van der Waals surface area contributed by atoms with Crippen molar-refractivity contribution in [2.24, 2.45) is 34.5 Å². The van der Waals surface area contributed by atoms with Gasteiger partial charge in [-0.05, 0) is 128 Å². The maximum absolute atomic E-state index is 15.3. The summed E-state index contributed by atoms with van der Waals surface area (Å²) in [5, 5.41) is 6.23. The number of esters is 1. The topological polar surface area (TPSA) is 151 Å². The number of ether oxygens (including phenoxy) is 4. The Hall–Kier alpha value is -4.21. The number of methoxy groups -OCH3 is 1. The Balaban J connectivity index is 1.16. The van der Waals surface area contributed by atoms with Crippen molar-refractivity contribution in [3.05, 3.63) is 65.0 Å². The number of nitrogens with one attached hydrogen (secondary N) is 2. The molecule has 0 aromatic heterocycles. The first-order chi connectivity index (χ1) is 32.2. The Morgan fingerprint density at radius 2 is 1.65 bits per heavy atom. The number of rotatable bonds is 18. The molecule has 2 saturated heterocycles. The van der Waals surface area contributed by atoms with Crippen LogP contribution < -0.4 is 15.4 Å². The van der Waals surface area contributed by atoms with Gasteiger partial charge in [0.15, 0.2) is 0 Å². The molecule has 5 aliphatic rings. The summed E-state index contributed by atoms with van der Waals surface area (Å²) in [6.45, 7) is 19.2. The highest BCUT2D eigenvalue weighted by molar-refractivity contribution is 6.48. The summed E-state index contributed by atoms with van der Waals surface area (Å²) in [5.41, 5.74) is 0.810. The lowest BCUT2D eigenvalue weighted by atomic mass is 9.57. The predicted octanol–water partition coefficient (Wildman–Crippen LogP) is 8.56. The van der Waals surface area contributed by atoms with Crippen LogP contribution >= 0.6 is 0 Å². The summed E-state index contributed by atoms with van der Waals surface area (Å²) in [4.78, 5) is 58.7. The second-order valence-corrected chi connectivity index (χ2v) is 22.2. The van der Waals surface area contributed by atoms with Gasteiger partial charge in [-0.3, -0.25) is 14.4 Å². The van der Waals surface area contributed by atoms with E-state index in [9.17, 15) is 18.8 Å². The van der Waals surface area contributed by atoms with E-state index in [2.05, 4.69) is 45.3 Å². The van der Waals surface area contributed by atoms with E-state index < -0.39 is 66.1 Å². The maximum atomic E-state index is 15.3. The quantitative estimate of drug-likeness (QED) is 0.110. The number of carbonyl (C=O) groups excluding carboxylic acids is 4. The van der Waals surface area contributed by atoms with E-state index >= 15 is 4.79 Å². The molecule has 5 fully saturated rings. The van der Waals surface area contributed by atoms with Crippen LogP contribution in [0.15, 0.2) is 42.5 Å². The fourth-order valence-corrected chi connectivity index (χ4v) is 11.2. The fourth-order valence-electron chi connectivity index (χ4n) is 11.2. The predicted molar refractivity (Wildman–Crippen MR) is 257 cm³/mol. The van der Waals surface area contributed by atoms with Gasteiger partial charge in [0, 0.05) is 18.8 Å². The van der Waals surface area contributed by atoms with E-state index in [-0.39, 0.29) is 67.0 Å². The Morgan fingerprint density at radius 1 is 0.941 bits per heavy atom. The Kier molecular flexibility index (Phi) is 16.3. The molecule has 9 atom stereocenters. The van der Waals surface area contributed by atoms with Gasteiger partial charge in [0.1, 0.15) is 35.9 Å². The molecule has 0 radical (unpaired) electrons. The molecule has 3 aliphatic carbocycles. The number of hydrogen-bond donors (Lipinski definition) is 2. The van der Waals surface area contributed by atoms with Gasteiger partial charge in [0.05, 0.1) is 44.5 Å². The van der Waals surface area contributed by atoms with Crippen molar-refractivity contribution in [3.63, 3.8) is 0 Å². The van der Waals surface area contributed by atoms with Crippen molar-refractivity contribution in [2.75, 3.05) is 20.3 Å². The molecule has 374 valence electrons. The molecule has 2 aromatic rings. The smallest absolute Gasteiger partial charge is 0.482 e. The van der Waals surface area contributed by atoms with E-state index in [0.717, 1.165) is 61.8 Å². The summed E-state index contributed by atoms with van der Waals surface area (Å²) in [6.07, 6.45) is 4.87. The Bertz CT molecular complexity index is 2090. The number of likely N-dealkylation sites (tertiary alicyclic amines) is 1. The SMILES string of the molecule is CCc1cccc(F)c1CCC(=O)O[C@@H]1CC(C(=O)NC(B2OC3C[C@H](C)C(C)(C)[C@H](C)C3(C)O2)C(COCc2ccc(OC)cc2)C2CC2)N(C(=O)C(NC(=O)OC2CCCC2)C(C)(C)C)C1. The van der Waals surface area contributed by atoms with E-state index in [4.69, 9.17) is 28.3 Å². The van der Waals surface area contributed by atoms with Crippen LogP contribution in [0.3, 0.4) is 0 Å². The van der Waals surface area contributed by atoms with Crippen molar-refractivity contribution >= 4 is 31.0 Å². The Labute approximate surface area is 404 Å². The lowest BCUT2D eigenvalue weighted by Crippen LogP contribution is -2.61. The first-order valence-corrected chi connectivity index (χ1v) is 25.3. The number of hydrogen-bond acceptors (Lipinski definition) is 10. The lowest BCUT2D eigenvalue weighted by Gasteiger charge is -2.53. The van der Waals surface area contributed by atoms with Gasteiger partial charge in [-0.25, -0.2) is 9.18 Å². The third-order valence-corrected chi connectivity index (χ3v) is 16.4. The van der Waals surface area contributed by atoms with E-state index in [1.807, 2.05) is 58.0 Å². The number of aryl methyl sites for hydroxylation is 1. The molecular weight excluding hydrogens is 868 g/mol. The van der Waals surface area contributed by atoms with Crippen molar-refractivity contribution in [1.82, 2.24) is 15.5 Å². The molecule has 2 aliphatic heterocycles. The molecule has 15 heteroatoms. The summed E-state index contributed by atoms with van der Waals surface area (Å²) >= 11 is 0. The number of amides is 3. The number of halogens is 1. The Morgan fingerprint density at radius 3 is 2.29 bits per heavy atom. The molecule has 13 nitrogen and oxygen atoms in total. The van der Waals surface area contributed by atoms with Crippen molar-refractivity contribution in [1.29, 1.82) is 0 Å². The number of nitrogens with zero attached hydrogens (tertiary/aromatic N) is 1. The van der Waals surface area contributed by atoms with Gasteiger partial charge < -0.3 is 43.8 Å². The average Bonchev–Trinajstić information content (AvgIpc) is 3.66. The molecule has 0 bridgehead atoms. The minimum Gasteiger partial charge on any atom is -0.497 e. The fraction of sp³-hybridized carbons (Fsp3) is 0.698. The van der Waals surface area contributed by atoms with Crippen molar-refractivity contribution in [3.8, 4) is 5.75 Å². The molecule has 0 spiro atoms. The monoisotopic (exact) mass is 946 g/mol. The number of carbonyl (C=O) groups is 4. The van der Waals surface area contributed by atoms with E-state index in [0.29, 0.717) is 31.1 Å². The van der Waals surface area contributed by atoms with Gasteiger partial charge in [0.25, 0.3) is 0 Å². The molecule has 6 unspecified atom stereocenters. The van der Waals surface area contributed by atoms with Crippen molar-refractivity contribution in [2.45, 2.75) is 181 Å². The van der Waals surface area contributed by atoms with Crippen LogP contribution in [0, 0.1) is 40.3 Å². The standard InChI is InChI=1S/C53H77BFN3O10/c1-11-35-15-14-18-42(55)40(35)25-26-45(59)65-39-28-43(58(29-39)49(61)46(51(4,5)6)56-50(62)66-38-16-12-13-17-38)48(60)57-47(54-67-44-27-32(2)52(7,8)33(3)53(44,9)68-54)41(36-21-22-36)31-64-30-34-19-23-37(63-10)24-20-34/h14-15,18-20,23-24,32-33,36,38-39,41,43-44,46-47H,11-13,16-17,21-22,25-31H2,1-10H3,(H,56,62)(H,57,60)/t32-,33-,39+,41?,43?,44?,46?,47?,53?/m0/s1. The van der Waals surface area contributed by atoms with Crippen LogP contribution in [0.2, 0.25) is 0 Å². The summed E-state index contributed by atoms with van der Waals surface area (Å²) < 4.78 is 52.6. The minimum atomic E-state index is -1.09. The van der Waals surface area contributed by atoms with Gasteiger partial charge in [-0.15, -0.1) is 0 Å². The molecule has 7 rings (SSSR count). The minimum absolute atomic E-state index is 0.0108. The second kappa shape index (κ2) is 21.4. The van der Waals surface area contributed by atoms with Crippen LogP contribution in [0.4, 0.5) is 9.18 Å². The van der Waals surface area contributed by atoms with Crippen LogP contribution in [0.1, 0.15) is 137 Å². The lowest BCUT2D eigenvalue weighted by molar-refractivity contribution is -0.149. The molecule has 3 amide bonds. The molecule has 2 aromatic carbocycles. The third kappa shape index (κ3) is 11.7. The zero-order valence-electron chi connectivity index (χ0n) is 42.2. The highest BCUT2D eigenvalue weighted by Gasteiger charge is 2.63. The molecular formula is C53H77BFN3O10. The van der Waals surface area contributed by atoms with Crippen LogP contribution in [-0.2, 0) is 57.4 Å². The van der Waals surface area contributed by atoms with Gasteiger partial charge >= 0.3 is 19.2 Å². The number of benzene rings is 2. The number of fused-ring (bicyclic) bond motifs is 1. The largest absolute Gasteiger partial charge is 0.497 e. The summed E-state index contributed by atoms with van der Waals surface area (Å²) in [6, 6.07) is 10.5. The van der Waals surface area contributed by atoms with Crippen LogP contribution in [-0.4, -0.2) is 98.1 Å². The molecule has 68 heavy (non-hydrogen) atoms. The summed E-state index contributed by atoms with van der Waals surface area (Å²) in [7, 11) is 0.818. The highest BCUT2D eigenvalue weighted by Crippen LogP contribution is 2.55. The average molecular weight is 946 g/mol. The van der Waals surface area contributed by atoms with Crippen LogP contribution in [0.5, 0.6) is 5.75 Å². The maximum Gasteiger partial charge on any atom is 0.482 e. The first-order valence-electron chi connectivity index (χ1n) is 25.3. The molecule has 2 heterocycles. The van der Waals surface area contributed by atoms with Crippen molar-refractivity contribution < 1.29 is 51.8 Å². The molecule has 3 saturated carbocycles. The van der Waals surface area contributed by atoms with Gasteiger partial charge in [-0.1, -0.05) is 79.7 Å². The number of alkyl carbamates (subject to hydrolysis) is 1. The van der Waals surface area contributed by atoms with E-state index in [1.165, 1.54) is 11.0 Å². The zero-order chi connectivity index (χ0) is 49.1. The first kappa shape index (κ1) is 51.6.